The predicted molar refractivity (Wildman–Crippen MR) is 61.0 cm³/mol. The second-order valence-corrected chi connectivity index (χ2v) is 4.11. The molecule has 1 aliphatic rings. The van der Waals surface area contributed by atoms with Crippen LogP contribution in [0.5, 0.6) is 0 Å². The molecule has 0 unspecified atom stereocenters. The van der Waals surface area contributed by atoms with Crippen molar-refractivity contribution in [3.05, 3.63) is 12.2 Å². The van der Waals surface area contributed by atoms with Gasteiger partial charge in [-0.1, -0.05) is 0 Å². The molecule has 0 radical (unpaired) electrons. The smallest absolute Gasteiger partial charge is 0.140 e. The average molecular weight is 224 g/mol. The Kier molecular flexibility index (Phi) is 4.30. The van der Waals surface area contributed by atoms with E-state index < -0.39 is 0 Å². The molecule has 2 rings (SSSR count). The van der Waals surface area contributed by atoms with Crippen LogP contribution < -0.4 is 5.32 Å². The number of nitrogens with zero attached hydrogens (tertiary/aromatic N) is 3. The molecule has 16 heavy (non-hydrogen) atoms. The van der Waals surface area contributed by atoms with Crippen LogP contribution in [-0.4, -0.2) is 34.0 Å². The minimum absolute atomic E-state index is 0.716. The van der Waals surface area contributed by atoms with Gasteiger partial charge in [-0.15, -0.1) is 0 Å². The van der Waals surface area contributed by atoms with Crippen molar-refractivity contribution < 1.29 is 4.74 Å². The van der Waals surface area contributed by atoms with E-state index in [2.05, 4.69) is 15.4 Å². The van der Waals surface area contributed by atoms with Gasteiger partial charge >= 0.3 is 0 Å². The van der Waals surface area contributed by atoms with Crippen molar-refractivity contribution in [2.45, 2.75) is 45.3 Å². The molecular formula is C11H20N4O. The summed E-state index contributed by atoms with van der Waals surface area (Å²) >= 11 is 0. The third kappa shape index (κ3) is 3.57. The first-order valence-corrected chi connectivity index (χ1v) is 6.08. The number of hydrogen-bond acceptors (Lipinski definition) is 4. The van der Waals surface area contributed by atoms with Gasteiger partial charge in [0, 0.05) is 25.8 Å². The molecule has 1 fully saturated rings. The van der Waals surface area contributed by atoms with Crippen LogP contribution in [0.15, 0.2) is 6.33 Å². The molecule has 1 aromatic heterocycles. The van der Waals surface area contributed by atoms with Crippen molar-refractivity contribution in [1.29, 1.82) is 0 Å². The number of aryl methyl sites for hydroxylation is 1. The third-order valence-corrected chi connectivity index (χ3v) is 2.68. The zero-order valence-corrected chi connectivity index (χ0v) is 9.85. The molecule has 0 aromatic carbocycles. The predicted octanol–water partition coefficient (Wildman–Crippen LogP) is 0.957. The quantitative estimate of drug-likeness (QED) is 0.668. The molecule has 1 aliphatic carbocycles. The summed E-state index contributed by atoms with van der Waals surface area (Å²) in [6.07, 6.45) is 5.23. The molecule has 1 heterocycles. The van der Waals surface area contributed by atoms with Gasteiger partial charge in [0.05, 0.1) is 6.54 Å². The fraction of sp³-hybridized carbons (Fsp3) is 0.818. The Morgan fingerprint density at radius 1 is 1.56 bits per heavy atom. The Labute approximate surface area is 96.2 Å². The summed E-state index contributed by atoms with van der Waals surface area (Å²) in [5, 5.41) is 7.67. The zero-order chi connectivity index (χ0) is 11.2. The molecular weight excluding hydrogens is 204 g/mol. The minimum atomic E-state index is 0.716. The standard InChI is InChI=1S/C11H20N4O/c1-2-16-7-3-6-15-11(13-9-14-15)8-12-10-4-5-10/h9-10,12H,2-8H2,1H3. The summed E-state index contributed by atoms with van der Waals surface area (Å²) in [5.74, 6) is 1.03. The molecule has 0 amide bonds. The van der Waals surface area contributed by atoms with E-state index in [0.717, 1.165) is 38.5 Å². The summed E-state index contributed by atoms with van der Waals surface area (Å²) in [6.45, 7) is 5.32. The van der Waals surface area contributed by atoms with Gasteiger partial charge in [-0.3, -0.25) is 0 Å². The molecule has 5 nitrogen and oxygen atoms in total. The van der Waals surface area contributed by atoms with Gasteiger partial charge in [0.15, 0.2) is 0 Å². The highest BCUT2D eigenvalue weighted by atomic mass is 16.5. The number of ether oxygens (including phenoxy) is 1. The number of rotatable bonds is 8. The van der Waals surface area contributed by atoms with E-state index in [1.54, 1.807) is 6.33 Å². The lowest BCUT2D eigenvalue weighted by atomic mass is 10.4. The van der Waals surface area contributed by atoms with Gasteiger partial charge in [0.1, 0.15) is 12.2 Å². The Morgan fingerprint density at radius 2 is 2.44 bits per heavy atom. The fourth-order valence-electron chi connectivity index (χ4n) is 1.60. The molecule has 5 heteroatoms. The van der Waals surface area contributed by atoms with Crippen LogP contribution in [0.25, 0.3) is 0 Å². The first-order chi connectivity index (χ1) is 7.90. The zero-order valence-electron chi connectivity index (χ0n) is 9.85. The topological polar surface area (TPSA) is 52.0 Å². The van der Waals surface area contributed by atoms with Crippen molar-refractivity contribution >= 4 is 0 Å². The molecule has 1 saturated carbocycles. The largest absolute Gasteiger partial charge is 0.382 e. The van der Waals surface area contributed by atoms with E-state index in [-0.39, 0.29) is 0 Å². The fourth-order valence-corrected chi connectivity index (χ4v) is 1.60. The van der Waals surface area contributed by atoms with Gasteiger partial charge in [-0.05, 0) is 26.2 Å². The van der Waals surface area contributed by atoms with E-state index >= 15 is 0 Å². The van der Waals surface area contributed by atoms with Crippen molar-refractivity contribution in [3.63, 3.8) is 0 Å². The van der Waals surface area contributed by atoms with Gasteiger partial charge in [-0.25, -0.2) is 9.67 Å². The molecule has 0 spiro atoms. The second kappa shape index (κ2) is 5.96. The van der Waals surface area contributed by atoms with Gasteiger partial charge < -0.3 is 10.1 Å². The molecule has 1 N–H and O–H groups in total. The minimum Gasteiger partial charge on any atom is -0.382 e. The Bertz CT molecular complexity index is 309. The summed E-state index contributed by atoms with van der Waals surface area (Å²) in [4.78, 5) is 4.26. The molecule has 1 aromatic rings. The lowest BCUT2D eigenvalue weighted by molar-refractivity contribution is 0.140. The first-order valence-electron chi connectivity index (χ1n) is 6.08. The Hall–Kier alpha value is -0.940. The normalized spacial score (nSPS) is 15.6. The van der Waals surface area contributed by atoms with Crippen LogP contribution in [0, 0.1) is 0 Å². The van der Waals surface area contributed by atoms with Crippen LogP contribution in [0.1, 0.15) is 32.0 Å². The van der Waals surface area contributed by atoms with Crippen LogP contribution in [0.4, 0.5) is 0 Å². The van der Waals surface area contributed by atoms with Crippen molar-refractivity contribution in [3.8, 4) is 0 Å². The SMILES string of the molecule is CCOCCCn1ncnc1CNC1CC1. The highest BCUT2D eigenvalue weighted by Gasteiger charge is 2.20. The van der Waals surface area contributed by atoms with Gasteiger partial charge in [0.25, 0.3) is 0 Å². The molecule has 0 saturated heterocycles. The van der Waals surface area contributed by atoms with Gasteiger partial charge in [0.2, 0.25) is 0 Å². The summed E-state index contributed by atoms with van der Waals surface area (Å²) in [5.41, 5.74) is 0. The van der Waals surface area contributed by atoms with Crippen LogP contribution >= 0.6 is 0 Å². The maximum atomic E-state index is 5.30. The number of nitrogens with one attached hydrogen (secondary N) is 1. The number of hydrogen-bond donors (Lipinski definition) is 1. The highest BCUT2D eigenvalue weighted by Crippen LogP contribution is 2.18. The number of aromatic nitrogens is 3. The Balaban J connectivity index is 1.71. The maximum Gasteiger partial charge on any atom is 0.140 e. The van der Waals surface area contributed by atoms with Gasteiger partial charge in [-0.2, -0.15) is 5.10 Å². The van der Waals surface area contributed by atoms with E-state index in [9.17, 15) is 0 Å². The van der Waals surface area contributed by atoms with E-state index in [1.807, 2.05) is 11.6 Å². The first kappa shape index (κ1) is 11.5. The van der Waals surface area contributed by atoms with Crippen LogP contribution in [-0.2, 0) is 17.8 Å². The highest BCUT2D eigenvalue weighted by molar-refractivity contribution is 4.88. The lowest BCUT2D eigenvalue weighted by Gasteiger charge is -2.06. The van der Waals surface area contributed by atoms with Crippen molar-refractivity contribution in [1.82, 2.24) is 20.1 Å². The third-order valence-electron chi connectivity index (χ3n) is 2.68. The lowest BCUT2D eigenvalue weighted by Crippen LogP contribution is -2.19. The molecule has 0 atom stereocenters. The summed E-state index contributed by atoms with van der Waals surface area (Å²) < 4.78 is 7.27. The van der Waals surface area contributed by atoms with E-state index in [0.29, 0.717) is 6.04 Å². The summed E-state index contributed by atoms with van der Waals surface area (Å²) in [6, 6.07) is 0.716. The molecule has 0 aliphatic heterocycles. The maximum absolute atomic E-state index is 5.30. The molecule has 0 bridgehead atoms. The summed E-state index contributed by atoms with van der Waals surface area (Å²) in [7, 11) is 0. The second-order valence-electron chi connectivity index (χ2n) is 4.11. The van der Waals surface area contributed by atoms with Crippen LogP contribution in [0.3, 0.4) is 0 Å². The van der Waals surface area contributed by atoms with Crippen molar-refractivity contribution in [2.24, 2.45) is 0 Å². The monoisotopic (exact) mass is 224 g/mol. The van der Waals surface area contributed by atoms with E-state index in [1.165, 1.54) is 12.8 Å². The Morgan fingerprint density at radius 3 is 3.19 bits per heavy atom. The van der Waals surface area contributed by atoms with E-state index in [4.69, 9.17) is 4.74 Å². The molecule has 90 valence electrons. The van der Waals surface area contributed by atoms with Crippen molar-refractivity contribution in [2.75, 3.05) is 13.2 Å². The van der Waals surface area contributed by atoms with Crippen LogP contribution in [0.2, 0.25) is 0 Å². The average Bonchev–Trinajstić information content (AvgIpc) is 3.02.